The standard InChI is InChI=1S/C25H31BrCl2N2O3/c1-6-16(4)29-25(32)17(5)30(13-19-21(27)8-7-9-22(19)28)24(31)14-33-23-11-10-18(15(2)3)12-20(23)26/h7-12,15-17H,6,13-14H2,1-5H3,(H,29,32)/t16-,17+/m1/s1. The van der Waals surface area contributed by atoms with Gasteiger partial charge in [0.1, 0.15) is 11.8 Å². The predicted molar refractivity (Wildman–Crippen MR) is 138 cm³/mol. The van der Waals surface area contributed by atoms with E-state index in [1.54, 1.807) is 25.1 Å². The first kappa shape index (κ1) is 27.5. The van der Waals surface area contributed by atoms with E-state index < -0.39 is 6.04 Å². The van der Waals surface area contributed by atoms with Crippen molar-refractivity contribution in [2.24, 2.45) is 0 Å². The largest absolute Gasteiger partial charge is 0.483 e. The minimum atomic E-state index is -0.741. The van der Waals surface area contributed by atoms with E-state index in [2.05, 4.69) is 35.1 Å². The van der Waals surface area contributed by atoms with Crippen LogP contribution in [0.3, 0.4) is 0 Å². The summed E-state index contributed by atoms with van der Waals surface area (Å²) in [6.45, 7) is 9.66. The Kier molecular flexibility index (Phi) is 10.5. The van der Waals surface area contributed by atoms with E-state index in [1.807, 2.05) is 32.0 Å². The lowest BCUT2D eigenvalue weighted by atomic mass is 10.0. The van der Waals surface area contributed by atoms with Gasteiger partial charge in [-0.05, 0) is 71.9 Å². The van der Waals surface area contributed by atoms with E-state index in [4.69, 9.17) is 27.9 Å². The van der Waals surface area contributed by atoms with Crippen molar-refractivity contribution < 1.29 is 14.3 Å². The molecule has 2 rings (SSSR count). The number of benzene rings is 2. The molecule has 0 heterocycles. The molecular formula is C25H31BrCl2N2O3. The van der Waals surface area contributed by atoms with Crippen LogP contribution in [-0.4, -0.2) is 35.4 Å². The molecule has 0 fully saturated rings. The van der Waals surface area contributed by atoms with Crippen molar-refractivity contribution in [1.29, 1.82) is 0 Å². The molecule has 0 saturated carbocycles. The Morgan fingerprint density at radius 2 is 1.73 bits per heavy atom. The van der Waals surface area contributed by atoms with Crippen LogP contribution in [0.5, 0.6) is 5.75 Å². The Bertz CT molecular complexity index is 964. The summed E-state index contributed by atoms with van der Waals surface area (Å²) in [6.07, 6.45) is 0.784. The molecule has 0 saturated heterocycles. The second-order valence-corrected chi connectivity index (χ2v) is 10.0. The highest BCUT2D eigenvalue weighted by molar-refractivity contribution is 9.10. The monoisotopic (exact) mass is 556 g/mol. The second kappa shape index (κ2) is 12.6. The summed E-state index contributed by atoms with van der Waals surface area (Å²) in [5.41, 5.74) is 1.74. The number of ether oxygens (including phenoxy) is 1. The second-order valence-electron chi connectivity index (χ2n) is 8.35. The summed E-state index contributed by atoms with van der Waals surface area (Å²) in [5, 5.41) is 3.80. The van der Waals surface area contributed by atoms with Gasteiger partial charge >= 0.3 is 0 Å². The van der Waals surface area contributed by atoms with Gasteiger partial charge in [-0.1, -0.05) is 56.1 Å². The SMILES string of the molecule is CC[C@@H](C)NC(=O)[C@H](C)N(Cc1c(Cl)cccc1Cl)C(=O)COc1ccc(C(C)C)cc1Br. The van der Waals surface area contributed by atoms with Gasteiger partial charge < -0.3 is 15.0 Å². The molecule has 2 aromatic rings. The molecule has 33 heavy (non-hydrogen) atoms. The number of hydrogen-bond acceptors (Lipinski definition) is 3. The number of rotatable bonds is 10. The highest BCUT2D eigenvalue weighted by atomic mass is 79.9. The molecule has 180 valence electrons. The van der Waals surface area contributed by atoms with Crippen LogP contribution in [0.2, 0.25) is 10.0 Å². The number of nitrogens with zero attached hydrogens (tertiary/aromatic N) is 1. The molecule has 0 aromatic heterocycles. The van der Waals surface area contributed by atoms with Crippen LogP contribution in [-0.2, 0) is 16.1 Å². The molecule has 0 aliphatic rings. The number of hydrogen-bond donors (Lipinski definition) is 1. The third-order valence-electron chi connectivity index (χ3n) is 5.53. The van der Waals surface area contributed by atoms with Gasteiger partial charge in [0, 0.05) is 28.2 Å². The fourth-order valence-corrected chi connectivity index (χ4v) is 4.15. The number of nitrogens with one attached hydrogen (secondary N) is 1. The van der Waals surface area contributed by atoms with Crippen LogP contribution in [0.1, 0.15) is 58.1 Å². The molecule has 0 radical (unpaired) electrons. The summed E-state index contributed by atoms with van der Waals surface area (Å²) in [7, 11) is 0. The molecule has 0 aliphatic heterocycles. The predicted octanol–water partition coefficient (Wildman–Crippen LogP) is 6.59. The number of amides is 2. The van der Waals surface area contributed by atoms with Crippen LogP contribution in [0.15, 0.2) is 40.9 Å². The fraction of sp³-hybridized carbons (Fsp3) is 0.440. The maximum atomic E-state index is 13.3. The summed E-state index contributed by atoms with van der Waals surface area (Å²) < 4.78 is 6.58. The molecule has 2 aromatic carbocycles. The van der Waals surface area contributed by atoms with Crippen molar-refractivity contribution in [2.75, 3.05) is 6.61 Å². The Balaban J connectivity index is 2.24. The minimum Gasteiger partial charge on any atom is -0.483 e. The maximum Gasteiger partial charge on any atom is 0.261 e. The van der Waals surface area contributed by atoms with Crippen molar-refractivity contribution in [2.45, 2.75) is 65.6 Å². The Morgan fingerprint density at radius 3 is 2.27 bits per heavy atom. The van der Waals surface area contributed by atoms with Crippen LogP contribution < -0.4 is 10.1 Å². The average Bonchev–Trinajstić information content (AvgIpc) is 2.77. The van der Waals surface area contributed by atoms with Crippen LogP contribution >= 0.6 is 39.1 Å². The van der Waals surface area contributed by atoms with E-state index in [0.29, 0.717) is 27.3 Å². The molecule has 2 amide bonds. The van der Waals surface area contributed by atoms with Gasteiger partial charge in [0.15, 0.2) is 6.61 Å². The zero-order valence-electron chi connectivity index (χ0n) is 19.6. The van der Waals surface area contributed by atoms with Gasteiger partial charge in [-0.2, -0.15) is 0 Å². The lowest BCUT2D eigenvalue weighted by Gasteiger charge is -2.30. The topological polar surface area (TPSA) is 58.6 Å². The van der Waals surface area contributed by atoms with Gasteiger partial charge in [-0.25, -0.2) is 0 Å². The summed E-state index contributed by atoms with van der Waals surface area (Å²) in [6, 6.07) is 10.2. The molecule has 5 nitrogen and oxygen atoms in total. The molecule has 1 N–H and O–H groups in total. The fourth-order valence-electron chi connectivity index (χ4n) is 3.12. The third kappa shape index (κ3) is 7.62. The van der Waals surface area contributed by atoms with E-state index in [0.717, 1.165) is 16.5 Å². The molecule has 2 atom stereocenters. The zero-order valence-corrected chi connectivity index (χ0v) is 22.7. The van der Waals surface area contributed by atoms with Gasteiger partial charge in [0.2, 0.25) is 5.91 Å². The zero-order chi connectivity index (χ0) is 24.7. The first-order valence-electron chi connectivity index (χ1n) is 11.0. The summed E-state index contributed by atoms with van der Waals surface area (Å²) in [5.74, 6) is 0.332. The minimum absolute atomic E-state index is 0.00696. The molecule has 0 unspecified atom stereocenters. The first-order valence-corrected chi connectivity index (χ1v) is 12.5. The number of carbonyl (C=O) groups excluding carboxylic acids is 2. The first-order chi connectivity index (χ1) is 15.5. The van der Waals surface area contributed by atoms with Crippen molar-refractivity contribution in [3.05, 3.63) is 62.0 Å². The van der Waals surface area contributed by atoms with E-state index in [1.165, 1.54) is 4.90 Å². The smallest absolute Gasteiger partial charge is 0.261 e. The third-order valence-corrected chi connectivity index (χ3v) is 6.86. The van der Waals surface area contributed by atoms with Crippen molar-refractivity contribution in [1.82, 2.24) is 10.2 Å². The molecule has 8 heteroatoms. The Hall–Kier alpha value is -1.76. The molecule has 0 aliphatic carbocycles. The van der Waals surface area contributed by atoms with E-state index in [9.17, 15) is 9.59 Å². The Morgan fingerprint density at radius 1 is 1.09 bits per heavy atom. The average molecular weight is 558 g/mol. The number of carbonyl (C=O) groups is 2. The van der Waals surface area contributed by atoms with E-state index in [-0.39, 0.29) is 31.0 Å². The summed E-state index contributed by atoms with van der Waals surface area (Å²) in [4.78, 5) is 27.5. The van der Waals surface area contributed by atoms with E-state index >= 15 is 0 Å². The molecule has 0 spiro atoms. The lowest BCUT2D eigenvalue weighted by Crippen LogP contribution is -2.50. The maximum absolute atomic E-state index is 13.3. The quantitative estimate of drug-likeness (QED) is 0.358. The molecular weight excluding hydrogens is 527 g/mol. The Labute approximate surface area is 214 Å². The van der Waals surface area contributed by atoms with Crippen LogP contribution in [0.25, 0.3) is 0 Å². The molecule has 0 bridgehead atoms. The van der Waals surface area contributed by atoms with Gasteiger partial charge in [0.05, 0.1) is 4.47 Å². The number of halogens is 3. The van der Waals surface area contributed by atoms with Crippen LogP contribution in [0.4, 0.5) is 0 Å². The highest BCUT2D eigenvalue weighted by Crippen LogP contribution is 2.30. The normalized spacial score (nSPS) is 12.9. The van der Waals surface area contributed by atoms with Crippen molar-refractivity contribution in [3.8, 4) is 5.75 Å². The highest BCUT2D eigenvalue weighted by Gasteiger charge is 2.28. The van der Waals surface area contributed by atoms with Gasteiger partial charge in [-0.3, -0.25) is 9.59 Å². The van der Waals surface area contributed by atoms with Gasteiger partial charge in [0.25, 0.3) is 5.91 Å². The summed E-state index contributed by atoms with van der Waals surface area (Å²) >= 11 is 16.2. The van der Waals surface area contributed by atoms with Crippen molar-refractivity contribution in [3.63, 3.8) is 0 Å². The van der Waals surface area contributed by atoms with Crippen LogP contribution in [0, 0.1) is 0 Å². The van der Waals surface area contributed by atoms with Gasteiger partial charge in [-0.15, -0.1) is 0 Å². The van der Waals surface area contributed by atoms with Crippen molar-refractivity contribution >= 4 is 50.9 Å². The lowest BCUT2D eigenvalue weighted by molar-refractivity contribution is -0.142.